The van der Waals surface area contributed by atoms with E-state index in [4.69, 9.17) is 24.7 Å². The summed E-state index contributed by atoms with van der Waals surface area (Å²) in [4.78, 5) is 13.1. The summed E-state index contributed by atoms with van der Waals surface area (Å²) in [5, 5.41) is 0. The Kier molecular flexibility index (Phi) is 6.09. The average molecular weight is 383 g/mol. The summed E-state index contributed by atoms with van der Waals surface area (Å²) >= 11 is 0. The molecule has 3 rings (SSSR count). The lowest BCUT2D eigenvalue weighted by molar-refractivity contribution is 0.103. The van der Waals surface area contributed by atoms with E-state index in [0.717, 1.165) is 5.56 Å². The van der Waals surface area contributed by atoms with Crippen molar-refractivity contribution in [1.29, 1.82) is 0 Å². The van der Waals surface area contributed by atoms with E-state index in [2.05, 4.69) is 0 Å². The first kappa shape index (κ1) is 19.6. The number of anilines is 1. The van der Waals surface area contributed by atoms with Gasteiger partial charge in [0.15, 0.2) is 17.3 Å². The SMILES string of the molecule is CCOc1cc(C(=O)C(=Cc2cc3c(cc2OC)OCCO3)CC)ccc1N. The standard InChI is InChI=1S/C22H25NO5/c1-4-14(22(24)15-6-7-17(23)19(11-15)26-5-2)10-16-12-20-21(13-18(16)25-3)28-9-8-27-20/h6-7,10-13H,4-5,8-9,23H2,1-3H3. The Labute approximate surface area is 164 Å². The first-order valence-electron chi connectivity index (χ1n) is 9.32. The maximum absolute atomic E-state index is 13.1. The molecule has 6 heteroatoms. The number of Topliss-reactive ketones (excluding diaryl/α,β-unsaturated/α-hetero) is 1. The number of allylic oxidation sites excluding steroid dienone is 1. The normalized spacial score (nSPS) is 13.2. The Bertz CT molecular complexity index is 904. The minimum atomic E-state index is -0.0830. The van der Waals surface area contributed by atoms with Gasteiger partial charge in [0.25, 0.3) is 0 Å². The van der Waals surface area contributed by atoms with Crippen LogP contribution in [0.2, 0.25) is 0 Å². The maximum Gasteiger partial charge on any atom is 0.189 e. The van der Waals surface area contributed by atoms with Gasteiger partial charge < -0.3 is 24.7 Å². The van der Waals surface area contributed by atoms with E-state index < -0.39 is 0 Å². The third-order valence-electron chi connectivity index (χ3n) is 4.47. The molecule has 1 heterocycles. The van der Waals surface area contributed by atoms with Crippen molar-refractivity contribution in [2.45, 2.75) is 20.3 Å². The number of rotatable bonds is 7. The van der Waals surface area contributed by atoms with Gasteiger partial charge in [-0.25, -0.2) is 0 Å². The van der Waals surface area contributed by atoms with E-state index in [1.807, 2.05) is 26.0 Å². The Balaban J connectivity index is 1.98. The fourth-order valence-electron chi connectivity index (χ4n) is 3.03. The second-order valence-corrected chi connectivity index (χ2v) is 6.28. The molecule has 28 heavy (non-hydrogen) atoms. The Morgan fingerprint density at radius 1 is 1.11 bits per heavy atom. The molecular formula is C22H25NO5. The second kappa shape index (κ2) is 8.69. The molecule has 1 aliphatic heterocycles. The topological polar surface area (TPSA) is 80.0 Å². The lowest BCUT2D eigenvalue weighted by atomic mass is 9.98. The molecule has 0 aromatic heterocycles. The Morgan fingerprint density at radius 2 is 1.82 bits per heavy atom. The van der Waals surface area contributed by atoms with Crippen LogP contribution in [0.1, 0.15) is 36.2 Å². The van der Waals surface area contributed by atoms with E-state index in [1.165, 1.54) is 0 Å². The lowest BCUT2D eigenvalue weighted by Gasteiger charge is -2.20. The van der Waals surface area contributed by atoms with Gasteiger partial charge in [-0.2, -0.15) is 0 Å². The van der Waals surface area contributed by atoms with E-state index in [1.54, 1.807) is 31.4 Å². The van der Waals surface area contributed by atoms with Gasteiger partial charge in [-0.15, -0.1) is 0 Å². The van der Waals surface area contributed by atoms with Gasteiger partial charge in [-0.3, -0.25) is 4.79 Å². The summed E-state index contributed by atoms with van der Waals surface area (Å²) < 4.78 is 22.2. The molecule has 0 unspecified atom stereocenters. The molecule has 148 valence electrons. The molecule has 0 saturated carbocycles. The van der Waals surface area contributed by atoms with Gasteiger partial charge in [0, 0.05) is 22.8 Å². The molecule has 0 bridgehead atoms. The fourth-order valence-corrected chi connectivity index (χ4v) is 3.03. The summed E-state index contributed by atoms with van der Waals surface area (Å²) in [5.74, 6) is 2.34. The molecule has 0 amide bonds. The monoisotopic (exact) mass is 383 g/mol. The average Bonchev–Trinajstić information content (AvgIpc) is 2.72. The third-order valence-corrected chi connectivity index (χ3v) is 4.47. The van der Waals surface area contributed by atoms with Crippen LogP contribution in [0.5, 0.6) is 23.0 Å². The highest BCUT2D eigenvalue weighted by atomic mass is 16.6. The van der Waals surface area contributed by atoms with E-state index in [9.17, 15) is 4.79 Å². The van der Waals surface area contributed by atoms with Crippen molar-refractivity contribution >= 4 is 17.5 Å². The highest BCUT2D eigenvalue weighted by Gasteiger charge is 2.18. The molecule has 6 nitrogen and oxygen atoms in total. The molecule has 2 N–H and O–H groups in total. The van der Waals surface area contributed by atoms with Gasteiger partial charge in [-0.05, 0) is 43.7 Å². The molecular weight excluding hydrogens is 358 g/mol. The maximum atomic E-state index is 13.1. The number of fused-ring (bicyclic) bond motifs is 1. The number of hydrogen-bond donors (Lipinski definition) is 1. The lowest BCUT2D eigenvalue weighted by Crippen LogP contribution is -2.15. The molecule has 0 fully saturated rings. The number of ketones is 1. The van der Waals surface area contributed by atoms with Crippen molar-refractivity contribution in [3.05, 3.63) is 47.0 Å². The minimum absolute atomic E-state index is 0.0830. The summed E-state index contributed by atoms with van der Waals surface area (Å²) in [6, 6.07) is 8.71. The summed E-state index contributed by atoms with van der Waals surface area (Å²) in [6.45, 7) is 5.29. The summed E-state index contributed by atoms with van der Waals surface area (Å²) in [5.41, 5.74) is 8.36. The van der Waals surface area contributed by atoms with Crippen LogP contribution in [-0.2, 0) is 0 Å². The largest absolute Gasteiger partial charge is 0.496 e. The fraction of sp³-hybridized carbons (Fsp3) is 0.318. The quantitative estimate of drug-likeness (QED) is 0.440. The number of ether oxygens (including phenoxy) is 4. The van der Waals surface area contributed by atoms with Crippen molar-refractivity contribution in [1.82, 2.24) is 0 Å². The van der Waals surface area contributed by atoms with Crippen LogP contribution in [0.3, 0.4) is 0 Å². The zero-order valence-electron chi connectivity index (χ0n) is 16.4. The Hall–Kier alpha value is -3.15. The minimum Gasteiger partial charge on any atom is -0.496 e. The predicted molar refractivity (Wildman–Crippen MR) is 109 cm³/mol. The predicted octanol–water partition coefficient (Wildman–Crippen LogP) is 4.12. The van der Waals surface area contributed by atoms with Gasteiger partial charge >= 0.3 is 0 Å². The van der Waals surface area contributed by atoms with Gasteiger partial charge in [0.1, 0.15) is 24.7 Å². The van der Waals surface area contributed by atoms with Gasteiger partial charge in [0.2, 0.25) is 0 Å². The molecule has 1 aliphatic rings. The number of nitrogens with two attached hydrogens (primary N) is 1. The van der Waals surface area contributed by atoms with Crippen molar-refractivity contribution in [3.8, 4) is 23.0 Å². The number of methoxy groups -OCH3 is 1. The van der Waals surface area contributed by atoms with E-state index in [0.29, 0.717) is 66.1 Å². The third kappa shape index (κ3) is 4.06. The van der Waals surface area contributed by atoms with Crippen LogP contribution in [0, 0.1) is 0 Å². The summed E-state index contributed by atoms with van der Waals surface area (Å²) in [6.07, 6.45) is 2.39. The molecule has 0 aliphatic carbocycles. The van der Waals surface area contributed by atoms with Crippen LogP contribution >= 0.6 is 0 Å². The van der Waals surface area contributed by atoms with E-state index in [-0.39, 0.29) is 5.78 Å². The van der Waals surface area contributed by atoms with Gasteiger partial charge in [0.05, 0.1) is 19.4 Å². The zero-order valence-corrected chi connectivity index (χ0v) is 16.4. The number of nitrogen functional groups attached to an aromatic ring is 1. The molecule has 0 spiro atoms. The van der Waals surface area contributed by atoms with Crippen molar-refractivity contribution < 1.29 is 23.7 Å². The smallest absolute Gasteiger partial charge is 0.189 e. The van der Waals surface area contributed by atoms with Crippen LogP contribution in [0.4, 0.5) is 5.69 Å². The number of carbonyl (C=O) groups excluding carboxylic acids is 1. The zero-order chi connectivity index (χ0) is 20.1. The molecule has 2 aromatic rings. The number of carbonyl (C=O) groups is 1. The Morgan fingerprint density at radius 3 is 2.46 bits per heavy atom. The first-order chi connectivity index (χ1) is 13.6. The van der Waals surface area contributed by atoms with Gasteiger partial charge in [-0.1, -0.05) is 6.92 Å². The summed E-state index contributed by atoms with van der Waals surface area (Å²) in [7, 11) is 1.59. The number of benzene rings is 2. The molecule has 0 saturated heterocycles. The van der Waals surface area contributed by atoms with Crippen LogP contribution in [-0.4, -0.2) is 32.7 Å². The van der Waals surface area contributed by atoms with Crippen molar-refractivity contribution in [2.75, 3.05) is 32.7 Å². The van der Waals surface area contributed by atoms with Crippen molar-refractivity contribution in [2.24, 2.45) is 0 Å². The van der Waals surface area contributed by atoms with E-state index >= 15 is 0 Å². The highest BCUT2D eigenvalue weighted by Crippen LogP contribution is 2.38. The highest BCUT2D eigenvalue weighted by molar-refractivity contribution is 6.11. The molecule has 0 radical (unpaired) electrons. The van der Waals surface area contributed by atoms with Crippen LogP contribution < -0.4 is 24.7 Å². The van der Waals surface area contributed by atoms with Crippen LogP contribution in [0.15, 0.2) is 35.9 Å². The van der Waals surface area contributed by atoms with Crippen LogP contribution in [0.25, 0.3) is 6.08 Å². The first-order valence-corrected chi connectivity index (χ1v) is 9.32. The molecule has 0 atom stereocenters. The van der Waals surface area contributed by atoms with Crippen molar-refractivity contribution in [3.63, 3.8) is 0 Å². The second-order valence-electron chi connectivity index (χ2n) is 6.28. The number of hydrogen-bond acceptors (Lipinski definition) is 6. The molecule has 2 aromatic carbocycles.